The lowest BCUT2D eigenvalue weighted by molar-refractivity contribution is 0.635. The molecule has 4 nitrogen and oxygen atoms in total. The Bertz CT molecular complexity index is 444. The molecule has 0 atom stereocenters. The van der Waals surface area contributed by atoms with E-state index in [0.29, 0.717) is 4.75 Å². The van der Waals surface area contributed by atoms with Gasteiger partial charge in [0.25, 0.3) is 0 Å². The number of amidine groups is 1. The zero-order chi connectivity index (χ0) is 13.2. The fourth-order valence-electron chi connectivity index (χ4n) is 2.09. The van der Waals surface area contributed by atoms with E-state index in [1.807, 2.05) is 23.9 Å². The summed E-state index contributed by atoms with van der Waals surface area (Å²) in [6, 6.07) is 3.70. The number of hydrogen-bond acceptors (Lipinski definition) is 4. The fourth-order valence-corrected chi connectivity index (χ4v) is 3.19. The molecule has 0 aromatic carbocycles. The normalized spacial score (nSPS) is 19.3. The molecular weight excluding hydrogens is 244 g/mol. The molecule has 0 aliphatic carbocycles. The van der Waals surface area contributed by atoms with Crippen molar-refractivity contribution < 1.29 is 0 Å². The van der Waals surface area contributed by atoms with Crippen molar-refractivity contribution in [2.75, 3.05) is 23.7 Å². The number of hydrogen-bond donors (Lipinski definition) is 2. The van der Waals surface area contributed by atoms with Crippen molar-refractivity contribution >= 4 is 23.4 Å². The number of nitrogens with zero attached hydrogens (tertiary/aromatic N) is 2. The second-order valence-corrected chi connectivity index (χ2v) is 6.94. The molecule has 98 valence electrons. The molecular formula is C13H20N4S. The maximum Gasteiger partial charge on any atom is 0.139 e. The van der Waals surface area contributed by atoms with Gasteiger partial charge in [0.15, 0.2) is 0 Å². The van der Waals surface area contributed by atoms with Crippen molar-refractivity contribution in [3.63, 3.8) is 0 Å². The van der Waals surface area contributed by atoms with Gasteiger partial charge in [0.05, 0.1) is 5.56 Å². The van der Waals surface area contributed by atoms with E-state index in [9.17, 15) is 0 Å². The second kappa shape index (κ2) is 5.18. The molecule has 1 aliphatic rings. The maximum atomic E-state index is 7.63. The van der Waals surface area contributed by atoms with Crippen LogP contribution in [0.15, 0.2) is 18.3 Å². The van der Waals surface area contributed by atoms with Crippen LogP contribution >= 0.6 is 11.8 Å². The Balaban J connectivity index is 2.24. The quantitative estimate of drug-likeness (QED) is 0.634. The molecule has 2 rings (SSSR count). The summed E-state index contributed by atoms with van der Waals surface area (Å²) in [5.41, 5.74) is 6.36. The Hall–Kier alpha value is -1.23. The lowest BCUT2D eigenvalue weighted by atomic mass is 10.1. The molecule has 0 amide bonds. The Morgan fingerprint density at radius 2 is 2.28 bits per heavy atom. The molecule has 1 aromatic heterocycles. The first kappa shape index (κ1) is 13.2. The predicted molar refractivity (Wildman–Crippen MR) is 78.6 cm³/mol. The number of anilines is 1. The number of rotatable bonds is 2. The first-order chi connectivity index (χ1) is 8.49. The number of thioether (sulfide) groups is 1. The summed E-state index contributed by atoms with van der Waals surface area (Å²) in [6.45, 7) is 6.50. The molecule has 5 heteroatoms. The summed E-state index contributed by atoms with van der Waals surface area (Å²) in [6.07, 6.45) is 2.89. The molecule has 1 aliphatic heterocycles. The van der Waals surface area contributed by atoms with Crippen molar-refractivity contribution in [2.45, 2.75) is 25.0 Å². The SMILES string of the molecule is CC1(C)CCN(c2ncccc2C(=N)N)CCS1. The van der Waals surface area contributed by atoms with Gasteiger partial charge in [-0.25, -0.2) is 4.98 Å². The van der Waals surface area contributed by atoms with Crippen LogP contribution in [0.1, 0.15) is 25.8 Å². The van der Waals surface area contributed by atoms with Gasteiger partial charge < -0.3 is 10.6 Å². The average molecular weight is 264 g/mol. The minimum Gasteiger partial charge on any atom is -0.384 e. The fraction of sp³-hybridized carbons (Fsp3) is 0.538. The van der Waals surface area contributed by atoms with Crippen LogP contribution in [0, 0.1) is 5.41 Å². The molecule has 0 radical (unpaired) electrons. The third-order valence-corrected chi connectivity index (χ3v) is 4.59. The van der Waals surface area contributed by atoms with E-state index in [2.05, 4.69) is 23.7 Å². The number of nitrogen functional groups attached to an aromatic ring is 1. The molecule has 0 saturated carbocycles. The van der Waals surface area contributed by atoms with Gasteiger partial charge >= 0.3 is 0 Å². The summed E-state index contributed by atoms with van der Waals surface area (Å²) < 4.78 is 0.319. The van der Waals surface area contributed by atoms with Crippen molar-refractivity contribution in [2.24, 2.45) is 5.73 Å². The Morgan fingerprint density at radius 3 is 3.00 bits per heavy atom. The van der Waals surface area contributed by atoms with Gasteiger partial charge in [-0.3, -0.25) is 5.41 Å². The minimum absolute atomic E-state index is 0.0919. The monoisotopic (exact) mass is 264 g/mol. The highest BCUT2D eigenvalue weighted by atomic mass is 32.2. The van der Waals surface area contributed by atoms with Crippen molar-refractivity contribution in [3.8, 4) is 0 Å². The van der Waals surface area contributed by atoms with E-state index in [1.54, 1.807) is 6.20 Å². The first-order valence-electron chi connectivity index (χ1n) is 6.18. The van der Waals surface area contributed by atoms with Crippen molar-refractivity contribution in [1.82, 2.24) is 4.98 Å². The molecule has 1 aromatic rings. The van der Waals surface area contributed by atoms with Gasteiger partial charge in [-0.15, -0.1) is 0 Å². The second-order valence-electron chi connectivity index (χ2n) is 5.13. The Kier molecular flexibility index (Phi) is 3.80. The minimum atomic E-state index is 0.0919. The van der Waals surface area contributed by atoms with E-state index in [1.165, 1.54) is 0 Å². The van der Waals surface area contributed by atoms with E-state index in [0.717, 1.165) is 36.6 Å². The number of nitrogens with two attached hydrogens (primary N) is 1. The van der Waals surface area contributed by atoms with Crippen LogP contribution < -0.4 is 10.6 Å². The van der Waals surface area contributed by atoms with Crippen molar-refractivity contribution in [1.29, 1.82) is 5.41 Å². The largest absolute Gasteiger partial charge is 0.384 e. The topological polar surface area (TPSA) is 66.0 Å². The smallest absolute Gasteiger partial charge is 0.139 e. The number of pyridine rings is 1. The number of nitrogens with one attached hydrogen (secondary N) is 1. The van der Waals surface area contributed by atoms with E-state index in [-0.39, 0.29) is 5.84 Å². The van der Waals surface area contributed by atoms with Crippen LogP contribution in [0.4, 0.5) is 5.82 Å². The molecule has 0 spiro atoms. The molecule has 1 saturated heterocycles. The Morgan fingerprint density at radius 1 is 1.50 bits per heavy atom. The van der Waals surface area contributed by atoms with Gasteiger partial charge in [-0.05, 0) is 18.6 Å². The molecule has 0 bridgehead atoms. The van der Waals surface area contributed by atoms with Crippen LogP contribution in [0.25, 0.3) is 0 Å². The van der Waals surface area contributed by atoms with Gasteiger partial charge in [-0.2, -0.15) is 11.8 Å². The highest BCUT2D eigenvalue weighted by Crippen LogP contribution is 2.32. The zero-order valence-corrected chi connectivity index (χ0v) is 11.8. The van der Waals surface area contributed by atoms with Crippen LogP contribution in [-0.4, -0.2) is 34.4 Å². The summed E-state index contributed by atoms with van der Waals surface area (Å²) in [7, 11) is 0. The first-order valence-corrected chi connectivity index (χ1v) is 7.16. The summed E-state index contributed by atoms with van der Waals surface area (Å²) in [4.78, 5) is 6.66. The van der Waals surface area contributed by atoms with Crippen LogP contribution in [0.2, 0.25) is 0 Å². The van der Waals surface area contributed by atoms with Crippen LogP contribution in [-0.2, 0) is 0 Å². The zero-order valence-electron chi connectivity index (χ0n) is 10.9. The maximum absolute atomic E-state index is 7.63. The Labute approximate surface area is 112 Å². The molecule has 3 N–H and O–H groups in total. The summed E-state index contributed by atoms with van der Waals surface area (Å²) in [5.74, 6) is 2.03. The highest BCUT2D eigenvalue weighted by Gasteiger charge is 2.25. The molecule has 0 unspecified atom stereocenters. The predicted octanol–water partition coefficient (Wildman–Crippen LogP) is 2.09. The lowest BCUT2D eigenvalue weighted by Crippen LogP contribution is -2.30. The average Bonchev–Trinajstić information content (AvgIpc) is 2.50. The molecule has 1 fully saturated rings. The van der Waals surface area contributed by atoms with Crippen LogP contribution in [0.3, 0.4) is 0 Å². The van der Waals surface area contributed by atoms with Gasteiger partial charge in [0.1, 0.15) is 11.7 Å². The van der Waals surface area contributed by atoms with E-state index < -0.39 is 0 Å². The third kappa shape index (κ3) is 2.96. The van der Waals surface area contributed by atoms with E-state index in [4.69, 9.17) is 11.1 Å². The summed E-state index contributed by atoms with van der Waals surface area (Å²) in [5, 5.41) is 7.63. The summed E-state index contributed by atoms with van der Waals surface area (Å²) >= 11 is 2.00. The lowest BCUT2D eigenvalue weighted by Gasteiger charge is -2.24. The van der Waals surface area contributed by atoms with E-state index >= 15 is 0 Å². The highest BCUT2D eigenvalue weighted by molar-refractivity contribution is 8.00. The third-order valence-electron chi connectivity index (χ3n) is 3.21. The molecule has 18 heavy (non-hydrogen) atoms. The van der Waals surface area contributed by atoms with Crippen LogP contribution in [0.5, 0.6) is 0 Å². The van der Waals surface area contributed by atoms with Gasteiger partial charge in [0.2, 0.25) is 0 Å². The van der Waals surface area contributed by atoms with Crippen molar-refractivity contribution in [3.05, 3.63) is 23.9 Å². The van der Waals surface area contributed by atoms with Gasteiger partial charge in [0, 0.05) is 29.8 Å². The standard InChI is InChI=1S/C13H20N4S/c1-13(2)5-7-17(8-9-18-13)12-10(11(14)15)4-3-6-16-12/h3-4,6H,5,7-9H2,1-2H3,(H3,14,15). The number of aromatic nitrogens is 1. The molecule has 2 heterocycles. The van der Waals surface area contributed by atoms with Gasteiger partial charge in [-0.1, -0.05) is 13.8 Å².